The Morgan fingerprint density at radius 2 is 1.71 bits per heavy atom. The van der Waals surface area contributed by atoms with Gasteiger partial charge in [0.15, 0.2) is 5.13 Å². The van der Waals surface area contributed by atoms with Crippen molar-refractivity contribution in [3.63, 3.8) is 0 Å². The number of Topliss-reactive ketones (excluding diaryl/α,β-unsaturated/α-hetero) is 1. The number of ether oxygens (including phenoxy) is 2. The van der Waals surface area contributed by atoms with E-state index in [0.717, 1.165) is 11.3 Å². The second-order valence-corrected chi connectivity index (χ2v) is 9.27. The van der Waals surface area contributed by atoms with E-state index in [4.69, 9.17) is 9.47 Å². The Hall–Kier alpha value is -4.83. The number of nitrogens with zero attached hydrogens (tertiary/aromatic N) is 3. The number of ketones is 1. The van der Waals surface area contributed by atoms with Gasteiger partial charge in [-0.05, 0) is 48.9 Å². The van der Waals surface area contributed by atoms with E-state index < -0.39 is 23.7 Å². The molecule has 9 nitrogen and oxygen atoms in total. The molecule has 2 aromatic heterocycles. The number of anilines is 1. The maximum atomic E-state index is 13.4. The molecule has 0 saturated carbocycles. The molecule has 1 unspecified atom stereocenters. The van der Waals surface area contributed by atoms with E-state index in [1.165, 1.54) is 36.5 Å². The number of thiazole rings is 1. The Balaban J connectivity index is 1.67. The fourth-order valence-corrected chi connectivity index (χ4v) is 5.16. The van der Waals surface area contributed by atoms with Crippen LogP contribution in [0.2, 0.25) is 0 Å². The third kappa shape index (κ3) is 4.53. The summed E-state index contributed by atoms with van der Waals surface area (Å²) in [4.78, 5) is 48.8. The summed E-state index contributed by atoms with van der Waals surface area (Å²) in [5.41, 5.74) is 1.06. The van der Waals surface area contributed by atoms with Gasteiger partial charge in [0.05, 0.1) is 24.4 Å². The normalized spacial score (nSPS) is 16.5. The molecular formula is C28H21N3O6S. The van der Waals surface area contributed by atoms with E-state index in [1.807, 2.05) is 18.2 Å². The predicted octanol–water partition coefficient (Wildman–Crippen LogP) is 5.05. The first-order valence-electron chi connectivity index (χ1n) is 11.5. The van der Waals surface area contributed by atoms with Crippen LogP contribution in [0.5, 0.6) is 11.5 Å². The van der Waals surface area contributed by atoms with Gasteiger partial charge in [0.25, 0.3) is 5.78 Å². The zero-order valence-electron chi connectivity index (χ0n) is 20.3. The minimum absolute atomic E-state index is 0.120. The van der Waals surface area contributed by atoms with Crippen LogP contribution in [0.3, 0.4) is 0 Å². The molecule has 0 radical (unpaired) electrons. The highest BCUT2D eigenvalue weighted by atomic mass is 32.1. The van der Waals surface area contributed by atoms with Crippen LogP contribution in [0.4, 0.5) is 5.13 Å². The molecule has 10 heteroatoms. The maximum Gasteiger partial charge on any atom is 0.350 e. The number of rotatable bonds is 6. The number of aryl methyl sites for hydroxylation is 1. The van der Waals surface area contributed by atoms with E-state index in [2.05, 4.69) is 9.97 Å². The summed E-state index contributed by atoms with van der Waals surface area (Å²) < 4.78 is 10.8. The highest BCUT2D eigenvalue weighted by Gasteiger charge is 2.48. The summed E-state index contributed by atoms with van der Waals surface area (Å²) in [5.74, 6) is -1.65. The molecule has 1 aliphatic rings. The highest BCUT2D eigenvalue weighted by Crippen LogP contribution is 2.44. The smallest absolute Gasteiger partial charge is 0.350 e. The minimum Gasteiger partial charge on any atom is -0.507 e. The number of para-hydroxylation sites is 1. The molecule has 1 aliphatic heterocycles. The van der Waals surface area contributed by atoms with Crippen molar-refractivity contribution >= 4 is 39.9 Å². The average molecular weight is 528 g/mol. The van der Waals surface area contributed by atoms with Crippen LogP contribution in [0.25, 0.3) is 5.76 Å². The zero-order chi connectivity index (χ0) is 26.8. The van der Waals surface area contributed by atoms with Gasteiger partial charge in [-0.3, -0.25) is 19.5 Å². The predicted molar refractivity (Wildman–Crippen MR) is 140 cm³/mol. The number of hydrogen-bond donors (Lipinski definition) is 1. The summed E-state index contributed by atoms with van der Waals surface area (Å²) in [6.45, 7) is 1.61. The van der Waals surface area contributed by atoms with Gasteiger partial charge in [0.1, 0.15) is 22.1 Å². The van der Waals surface area contributed by atoms with Crippen LogP contribution in [0, 0.1) is 6.92 Å². The Kier molecular flexibility index (Phi) is 6.71. The van der Waals surface area contributed by atoms with Crippen LogP contribution in [-0.2, 0) is 14.3 Å². The van der Waals surface area contributed by atoms with Gasteiger partial charge < -0.3 is 14.6 Å². The number of carbonyl (C=O) groups excluding carboxylic acids is 3. The number of amides is 1. The van der Waals surface area contributed by atoms with E-state index in [0.29, 0.717) is 28.3 Å². The van der Waals surface area contributed by atoms with Crippen LogP contribution in [0.1, 0.15) is 32.5 Å². The summed E-state index contributed by atoms with van der Waals surface area (Å²) in [6.07, 6.45) is 2.95. The van der Waals surface area contributed by atoms with Gasteiger partial charge in [-0.1, -0.05) is 41.7 Å². The SMILES string of the molecule is COC(=O)c1sc(N2C(=O)C(=O)/C(=C(/O)c3ccncc3)C2c2cccc(Oc3ccccc3)c2)nc1C. The summed E-state index contributed by atoms with van der Waals surface area (Å²) in [5, 5.41) is 11.3. The number of pyridine rings is 1. The lowest BCUT2D eigenvalue weighted by Gasteiger charge is -2.23. The second kappa shape index (κ2) is 10.3. The van der Waals surface area contributed by atoms with E-state index in [9.17, 15) is 19.5 Å². The van der Waals surface area contributed by atoms with Crippen molar-refractivity contribution in [3.8, 4) is 11.5 Å². The number of aliphatic hydroxyl groups excluding tert-OH is 1. The van der Waals surface area contributed by atoms with Gasteiger partial charge in [-0.25, -0.2) is 9.78 Å². The Morgan fingerprint density at radius 3 is 2.42 bits per heavy atom. The first-order chi connectivity index (χ1) is 18.4. The summed E-state index contributed by atoms with van der Waals surface area (Å²) in [6, 6.07) is 18.1. The number of benzene rings is 2. The number of hydrogen-bond acceptors (Lipinski definition) is 9. The Labute approximate surface area is 221 Å². The van der Waals surface area contributed by atoms with E-state index in [1.54, 1.807) is 43.3 Å². The molecular weight excluding hydrogens is 506 g/mol. The van der Waals surface area contributed by atoms with E-state index in [-0.39, 0.29) is 21.3 Å². The van der Waals surface area contributed by atoms with Crippen molar-refractivity contribution < 1.29 is 29.0 Å². The fraction of sp³-hybridized carbons (Fsp3) is 0.107. The molecule has 0 aliphatic carbocycles. The molecule has 2 aromatic carbocycles. The molecule has 4 aromatic rings. The molecule has 0 bridgehead atoms. The van der Waals surface area contributed by atoms with Crippen molar-refractivity contribution in [2.24, 2.45) is 0 Å². The third-order valence-corrected chi connectivity index (χ3v) is 7.05. The maximum absolute atomic E-state index is 13.4. The van der Waals surface area contributed by atoms with Gasteiger partial charge in [-0.15, -0.1) is 0 Å². The van der Waals surface area contributed by atoms with Gasteiger partial charge in [-0.2, -0.15) is 0 Å². The number of aromatic nitrogens is 2. The van der Waals surface area contributed by atoms with Crippen molar-refractivity contribution in [2.75, 3.05) is 12.0 Å². The van der Waals surface area contributed by atoms with Crippen molar-refractivity contribution in [1.29, 1.82) is 0 Å². The summed E-state index contributed by atoms with van der Waals surface area (Å²) in [7, 11) is 1.25. The molecule has 3 heterocycles. The van der Waals surface area contributed by atoms with Crippen LogP contribution < -0.4 is 9.64 Å². The molecule has 5 rings (SSSR count). The fourth-order valence-electron chi connectivity index (χ4n) is 4.15. The largest absolute Gasteiger partial charge is 0.507 e. The van der Waals surface area contributed by atoms with Gasteiger partial charge in [0, 0.05) is 18.0 Å². The van der Waals surface area contributed by atoms with Crippen molar-refractivity contribution in [3.05, 3.63) is 106 Å². The Bertz CT molecular complexity index is 1570. The number of aliphatic hydroxyl groups is 1. The molecule has 1 saturated heterocycles. The van der Waals surface area contributed by atoms with Crippen LogP contribution >= 0.6 is 11.3 Å². The summed E-state index contributed by atoms with van der Waals surface area (Å²) >= 11 is 0.932. The van der Waals surface area contributed by atoms with Crippen molar-refractivity contribution in [2.45, 2.75) is 13.0 Å². The lowest BCUT2D eigenvalue weighted by atomic mass is 9.95. The zero-order valence-corrected chi connectivity index (χ0v) is 21.1. The molecule has 1 fully saturated rings. The topological polar surface area (TPSA) is 119 Å². The Morgan fingerprint density at radius 1 is 1.00 bits per heavy atom. The van der Waals surface area contributed by atoms with Crippen LogP contribution in [-0.4, -0.2) is 39.8 Å². The van der Waals surface area contributed by atoms with Crippen LogP contribution in [0.15, 0.2) is 84.7 Å². The lowest BCUT2D eigenvalue weighted by Crippen LogP contribution is -2.29. The average Bonchev–Trinajstić information content (AvgIpc) is 3.45. The second-order valence-electron chi connectivity index (χ2n) is 8.30. The highest BCUT2D eigenvalue weighted by molar-refractivity contribution is 7.17. The first-order valence-corrected chi connectivity index (χ1v) is 12.3. The quantitative estimate of drug-likeness (QED) is 0.160. The minimum atomic E-state index is -1.04. The third-order valence-electron chi connectivity index (χ3n) is 5.91. The molecule has 38 heavy (non-hydrogen) atoms. The standard InChI is InChI=1S/C28H21N3O6S/c1-16-25(27(35)36-2)38-28(30-16)31-22(18-7-6-10-20(15-18)37-19-8-4-3-5-9-19)21(24(33)26(31)34)23(32)17-11-13-29-14-12-17/h3-15,22,32H,1-2H3/b23-21+. The first kappa shape index (κ1) is 24.8. The lowest BCUT2D eigenvalue weighted by molar-refractivity contribution is -0.132. The molecule has 1 N–H and O–H groups in total. The molecule has 190 valence electrons. The molecule has 1 atom stereocenters. The number of methoxy groups -OCH3 is 1. The number of esters is 1. The van der Waals surface area contributed by atoms with Gasteiger partial charge in [0.2, 0.25) is 0 Å². The monoisotopic (exact) mass is 527 g/mol. The number of carbonyl (C=O) groups is 3. The molecule has 1 amide bonds. The van der Waals surface area contributed by atoms with Gasteiger partial charge >= 0.3 is 11.9 Å². The van der Waals surface area contributed by atoms with Crippen molar-refractivity contribution in [1.82, 2.24) is 9.97 Å². The molecule has 0 spiro atoms. The van der Waals surface area contributed by atoms with E-state index >= 15 is 0 Å².